The maximum Gasteiger partial charge on any atom is 0.243 e. The fourth-order valence-corrected chi connectivity index (χ4v) is 4.84. The Labute approximate surface area is 255 Å². The Balaban J connectivity index is 1.60. The van der Waals surface area contributed by atoms with Crippen LogP contribution in [0.5, 0.6) is 5.75 Å². The van der Waals surface area contributed by atoms with E-state index in [-0.39, 0.29) is 42.9 Å². The molecule has 3 amide bonds. The van der Waals surface area contributed by atoms with Crippen LogP contribution in [-0.4, -0.2) is 54.2 Å². The lowest BCUT2D eigenvalue weighted by molar-refractivity contribution is -0.130. The molecule has 3 aromatic carbocycles. The highest BCUT2D eigenvalue weighted by Gasteiger charge is 2.29. The van der Waals surface area contributed by atoms with E-state index in [1.54, 1.807) is 0 Å². The van der Waals surface area contributed by atoms with Crippen molar-refractivity contribution in [1.82, 2.24) is 16.0 Å². The molecule has 0 spiro atoms. The normalized spacial score (nSPS) is 13.0. The van der Waals surface area contributed by atoms with Crippen LogP contribution in [0.4, 0.5) is 0 Å². The summed E-state index contributed by atoms with van der Waals surface area (Å²) in [4.78, 5) is 38.9. The summed E-state index contributed by atoms with van der Waals surface area (Å²) in [6.07, 6.45) is 0.557. The summed E-state index contributed by atoms with van der Waals surface area (Å²) < 4.78 is 5.53. The minimum absolute atomic E-state index is 0.104. The van der Waals surface area contributed by atoms with E-state index in [4.69, 9.17) is 4.74 Å². The molecule has 0 heterocycles. The first-order valence-electron chi connectivity index (χ1n) is 15.1. The lowest BCUT2D eigenvalue weighted by Gasteiger charge is -2.28. The van der Waals surface area contributed by atoms with Crippen molar-refractivity contribution in [1.29, 1.82) is 0 Å². The van der Waals surface area contributed by atoms with Gasteiger partial charge in [0.25, 0.3) is 0 Å². The summed E-state index contributed by atoms with van der Waals surface area (Å²) in [7, 11) is 0. The number of benzene rings is 3. The van der Waals surface area contributed by atoms with Gasteiger partial charge in [-0.1, -0.05) is 86.6 Å². The van der Waals surface area contributed by atoms with Crippen LogP contribution in [0.1, 0.15) is 50.3 Å². The smallest absolute Gasteiger partial charge is 0.243 e. The summed E-state index contributed by atoms with van der Waals surface area (Å²) in [5, 5.41) is 19.9. The molecule has 0 radical (unpaired) electrons. The number of carbonyl (C=O) groups is 3. The van der Waals surface area contributed by atoms with Crippen LogP contribution in [-0.2, 0) is 33.6 Å². The number of nitrogens with one attached hydrogen (secondary N) is 3. The second kappa shape index (κ2) is 17.7. The Morgan fingerprint density at radius 3 is 2.12 bits per heavy atom. The molecular formula is C35H45N3O5. The Hall–Kier alpha value is -4.17. The minimum atomic E-state index is -0.964. The quantitative estimate of drug-likeness (QED) is 0.191. The minimum Gasteiger partial charge on any atom is -0.494 e. The third-order valence-corrected chi connectivity index (χ3v) is 7.18. The van der Waals surface area contributed by atoms with Crippen molar-refractivity contribution in [3.05, 3.63) is 102 Å². The molecule has 0 aliphatic carbocycles. The van der Waals surface area contributed by atoms with E-state index in [1.165, 1.54) is 0 Å². The molecule has 8 heteroatoms. The second-order valence-electron chi connectivity index (χ2n) is 11.0. The molecule has 1 unspecified atom stereocenters. The maximum atomic E-state index is 13.5. The van der Waals surface area contributed by atoms with Gasteiger partial charge in [-0.15, -0.1) is 0 Å². The van der Waals surface area contributed by atoms with Crippen LogP contribution in [0.15, 0.2) is 84.9 Å². The van der Waals surface area contributed by atoms with Crippen LogP contribution >= 0.6 is 0 Å². The maximum absolute atomic E-state index is 13.5. The first-order chi connectivity index (χ1) is 20.7. The molecule has 0 aliphatic heterocycles. The number of carbonyl (C=O) groups excluding carboxylic acids is 3. The van der Waals surface area contributed by atoms with Crippen molar-refractivity contribution in [3.63, 3.8) is 0 Å². The summed E-state index contributed by atoms with van der Waals surface area (Å²) >= 11 is 0. The molecule has 0 saturated carbocycles. The van der Waals surface area contributed by atoms with Gasteiger partial charge in [0, 0.05) is 13.0 Å². The van der Waals surface area contributed by atoms with Gasteiger partial charge in [0.15, 0.2) is 0 Å². The van der Waals surface area contributed by atoms with Crippen molar-refractivity contribution in [3.8, 4) is 5.75 Å². The topological polar surface area (TPSA) is 117 Å². The largest absolute Gasteiger partial charge is 0.494 e. The van der Waals surface area contributed by atoms with Crippen molar-refractivity contribution in [2.24, 2.45) is 5.92 Å². The number of rotatable bonds is 17. The van der Waals surface area contributed by atoms with Crippen LogP contribution in [0, 0.1) is 5.92 Å². The standard InChI is InChI=1S/C35H45N3O5/c1-4-43-29-17-11-16-28(22-29)24-33(41)38-34(25(2)3)35(42)37-30(23-27-14-9-6-10-15-27)31(39)18-19-32(40)36-21-20-26-12-7-5-8-13-26/h5-17,22,25,30-31,34,39H,4,18-21,23-24H2,1-3H3,(H,36,40)(H,37,42)(H,38,41)/t30-,31-,34?/m0/s1. The SMILES string of the molecule is CCOc1cccc(CC(=O)NC(C(=O)N[C@@H](Cc2ccccc2)[C@@H](O)CCC(=O)NCCc2ccccc2)C(C)C)c1. The van der Waals surface area contributed by atoms with E-state index in [0.29, 0.717) is 25.3 Å². The fourth-order valence-electron chi connectivity index (χ4n) is 4.84. The summed E-state index contributed by atoms with van der Waals surface area (Å²) in [6, 6.07) is 25.4. The fraction of sp³-hybridized carbons (Fsp3) is 0.400. The Morgan fingerprint density at radius 1 is 0.814 bits per heavy atom. The highest BCUT2D eigenvalue weighted by Crippen LogP contribution is 2.15. The molecule has 8 nitrogen and oxygen atoms in total. The van der Waals surface area contributed by atoms with E-state index in [0.717, 1.165) is 23.1 Å². The van der Waals surface area contributed by atoms with E-state index < -0.39 is 18.2 Å². The summed E-state index contributed by atoms with van der Waals surface area (Å²) in [5.74, 6) is -0.314. The van der Waals surface area contributed by atoms with Crippen LogP contribution in [0.2, 0.25) is 0 Å². The number of hydrogen-bond acceptors (Lipinski definition) is 5. The predicted molar refractivity (Wildman–Crippen MR) is 169 cm³/mol. The Morgan fingerprint density at radius 2 is 1.47 bits per heavy atom. The van der Waals surface area contributed by atoms with E-state index >= 15 is 0 Å². The molecule has 4 N–H and O–H groups in total. The third-order valence-electron chi connectivity index (χ3n) is 7.18. The van der Waals surface area contributed by atoms with E-state index in [1.807, 2.05) is 106 Å². The first kappa shape index (κ1) is 33.3. The Kier molecular flexibility index (Phi) is 13.7. The second-order valence-corrected chi connectivity index (χ2v) is 11.0. The van der Waals surface area contributed by atoms with Gasteiger partial charge >= 0.3 is 0 Å². The molecule has 0 fully saturated rings. The van der Waals surface area contributed by atoms with Gasteiger partial charge in [-0.05, 0) is 60.9 Å². The molecule has 0 aliphatic rings. The first-order valence-corrected chi connectivity index (χ1v) is 15.1. The zero-order valence-electron chi connectivity index (χ0n) is 25.4. The number of ether oxygens (including phenoxy) is 1. The molecule has 230 valence electrons. The van der Waals surface area contributed by atoms with Gasteiger partial charge in [-0.25, -0.2) is 0 Å². The Bertz CT molecular complexity index is 1280. The average molecular weight is 588 g/mol. The molecule has 43 heavy (non-hydrogen) atoms. The number of hydrogen-bond donors (Lipinski definition) is 4. The average Bonchev–Trinajstić information content (AvgIpc) is 2.99. The lowest BCUT2D eigenvalue weighted by Crippen LogP contribution is -2.55. The van der Waals surface area contributed by atoms with Gasteiger partial charge < -0.3 is 25.8 Å². The zero-order valence-corrected chi connectivity index (χ0v) is 25.4. The molecule has 3 rings (SSSR count). The molecular weight excluding hydrogens is 542 g/mol. The molecule has 3 atom stereocenters. The van der Waals surface area contributed by atoms with Gasteiger partial charge in [0.2, 0.25) is 17.7 Å². The molecule has 0 saturated heterocycles. The molecule has 0 aromatic heterocycles. The van der Waals surface area contributed by atoms with Gasteiger partial charge in [0.1, 0.15) is 11.8 Å². The van der Waals surface area contributed by atoms with Crippen molar-refractivity contribution in [2.75, 3.05) is 13.2 Å². The van der Waals surface area contributed by atoms with Crippen LogP contribution < -0.4 is 20.7 Å². The highest BCUT2D eigenvalue weighted by molar-refractivity contribution is 5.88. The monoisotopic (exact) mass is 587 g/mol. The van der Waals surface area contributed by atoms with Crippen molar-refractivity contribution >= 4 is 17.7 Å². The summed E-state index contributed by atoms with van der Waals surface area (Å²) in [5.41, 5.74) is 2.86. The van der Waals surface area contributed by atoms with Gasteiger partial charge in [0.05, 0.1) is 25.2 Å². The lowest BCUT2D eigenvalue weighted by atomic mass is 9.96. The van der Waals surface area contributed by atoms with Gasteiger partial charge in [-0.2, -0.15) is 0 Å². The van der Waals surface area contributed by atoms with E-state index in [9.17, 15) is 19.5 Å². The van der Waals surface area contributed by atoms with Crippen molar-refractivity contribution < 1.29 is 24.2 Å². The summed E-state index contributed by atoms with van der Waals surface area (Å²) in [6.45, 7) is 6.66. The van der Waals surface area contributed by atoms with Gasteiger partial charge in [-0.3, -0.25) is 14.4 Å². The van der Waals surface area contributed by atoms with Crippen LogP contribution in [0.25, 0.3) is 0 Å². The van der Waals surface area contributed by atoms with Crippen molar-refractivity contribution in [2.45, 2.75) is 71.1 Å². The predicted octanol–water partition coefficient (Wildman–Crippen LogP) is 4.00. The number of aliphatic hydroxyl groups is 1. The number of aliphatic hydroxyl groups excluding tert-OH is 1. The zero-order chi connectivity index (χ0) is 31.0. The number of amides is 3. The third kappa shape index (κ3) is 11.9. The molecule has 0 bridgehead atoms. The van der Waals surface area contributed by atoms with E-state index in [2.05, 4.69) is 16.0 Å². The van der Waals surface area contributed by atoms with Crippen LogP contribution in [0.3, 0.4) is 0 Å². The highest BCUT2D eigenvalue weighted by atomic mass is 16.5. The molecule has 3 aromatic rings.